The van der Waals surface area contributed by atoms with E-state index in [2.05, 4.69) is 4.99 Å². The third kappa shape index (κ3) is 6.20. The fourth-order valence-electron chi connectivity index (χ4n) is 4.51. The summed E-state index contributed by atoms with van der Waals surface area (Å²) in [6.07, 6.45) is -0.834. The van der Waals surface area contributed by atoms with E-state index in [9.17, 15) is 29.6 Å². The van der Waals surface area contributed by atoms with Crippen LogP contribution in [0, 0.1) is 15.5 Å². The highest BCUT2D eigenvalue weighted by molar-refractivity contribution is 5.93. The molecule has 13 nitrogen and oxygen atoms in total. The van der Waals surface area contributed by atoms with Crippen LogP contribution in [0.15, 0.2) is 35.3 Å². The largest absolute Gasteiger partial charge is 0.480 e. The number of rotatable bonds is 10. The number of likely N-dealkylation sites (tertiary alicyclic amines) is 1. The first kappa shape index (κ1) is 28.3. The summed E-state index contributed by atoms with van der Waals surface area (Å²) in [5.74, 6) is -2.25. The average Bonchev–Trinajstić information content (AvgIpc) is 3.29. The average molecular weight is 507 g/mol. The second-order valence-electron chi connectivity index (χ2n) is 9.61. The molecule has 1 saturated heterocycles. The van der Waals surface area contributed by atoms with E-state index in [1.54, 1.807) is 51.1 Å². The Morgan fingerprint density at radius 1 is 1.25 bits per heavy atom. The summed E-state index contributed by atoms with van der Waals surface area (Å²) in [4.78, 5) is 56.6. The van der Waals surface area contributed by atoms with Gasteiger partial charge in [-0.15, -0.1) is 0 Å². The number of carbonyl (C=O) groups is 3. The van der Waals surface area contributed by atoms with E-state index < -0.39 is 40.0 Å². The van der Waals surface area contributed by atoms with Gasteiger partial charge in [0.05, 0.1) is 0 Å². The number of hydrogen-bond acceptors (Lipinski definition) is 7. The number of guanidine groups is 1. The molecule has 0 radical (unpaired) electrons. The Bertz CT molecular complexity index is 990. The molecule has 1 fully saturated rings. The molecule has 1 aromatic carbocycles. The molecule has 198 valence electrons. The molecule has 2 rings (SSSR count). The van der Waals surface area contributed by atoms with Crippen molar-refractivity contribution in [2.75, 3.05) is 13.1 Å². The number of ether oxygens (including phenoxy) is 1. The predicted octanol–water partition coefficient (Wildman–Crippen LogP) is 1.73. The van der Waals surface area contributed by atoms with Gasteiger partial charge < -0.3 is 26.2 Å². The van der Waals surface area contributed by atoms with Crippen molar-refractivity contribution in [1.29, 1.82) is 0 Å². The van der Waals surface area contributed by atoms with Gasteiger partial charge in [0.15, 0.2) is 16.5 Å². The monoisotopic (exact) mass is 506 g/mol. The van der Waals surface area contributed by atoms with Crippen LogP contribution in [0.2, 0.25) is 0 Å². The highest BCUT2D eigenvalue weighted by Crippen LogP contribution is 2.43. The number of nitrogens with two attached hydrogens (primary N) is 2. The Hall–Kier alpha value is -3.90. The van der Waals surface area contributed by atoms with Crippen LogP contribution in [0.25, 0.3) is 0 Å². The molecular formula is C23H34N6O7. The van der Waals surface area contributed by atoms with Crippen LogP contribution in [0.3, 0.4) is 0 Å². The summed E-state index contributed by atoms with van der Waals surface area (Å²) in [6.45, 7) is 4.62. The van der Waals surface area contributed by atoms with Gasteiger partial charge in [-0.2, -0.15) is 0 Å². The Morgan fingerprint density at radius 2 is 1.89 bits per heavy atom. The standard InChI is InChI=1S/C23H34N6O7/c1-22(2,3)23(12-8-13-26-20(24)25,19(32)27-14-7-11-17(27)18(30)31)28(29(34)35)21(33)36-15-16-9-5-4-6-10-16/h4-6,9-10,17H,7-8,11-15H2,1-3H3,(H,30,31)(H4,24,25,26)/t17-,23-/m0/s1. The molecule has 36 heavy (non-hydrogen) atoms. The van der Waals surface area contributed by atoms with Crippen molar-refractivity contribution in [3.63, 3.8) is 0 Å². The smallest absolute Gasteiger partial charge is 0.469 e. The quantitative estimate of drug-likeness (QED) is 0.139. The lowest BCUT2D eigenvalue weighted by atomic mass is 9.69. The summed E-state index contributed by atoms with van der Waals surface area (Å²) in [6, 6.07) is 7.42. The highest BCUT2D eigenvalue weighted by atomic mass is 16.7. The number of carboxylic acid groups (broad SMARTS) is 1. The Labute approximate surface area is 209 Å². The van der Waals surface area contributed by atoms with Crippen molar-refractivity contribution >= 4 is 23.9 Å². The Morgan fingerprint density at radius 3 is 2.42 bits per heavy atom. The fraction of sp³-hybridized carbons (Fsp3) is 0.565. The molecule has 1 heterocycles. The van der Waals surface area contributed by atoms with Gasteiger partial charge in [0.1, 0.15) is 12.6 Å². The minimum absolute atomic E-state index is 0.0421. The molecule has 1 aliphatic heterocycles. The Kier molecular flexibility index (Phi) is 9.20. The number of aliphatic carboxylic acids is 1. The molecule has 2 amide bonds. The van der Waals surface area contributed by atoms with E-state index in [4.69, 9.17) is 16.2 Å². The topological polar surface area (TPSA) is 195 Å². The number of aliphatic imine (C=N–C) groups is 1. The van der Waals surface area contributed by atoms with E-state index in [-0.39, 0.29) is 49.9 Å². The molecular weight excluding hydrogens is 472 g/mol. The maximum Gasteiger partial charge on any atom is 0.469 e. The molecule has 0 aromatic heterocycles. The van der Waals surface area contributed by atoms with Crippen LogP contribution in [0.1, 0.15) is 52.0 Å². The van der Waals surface area contributed by atoms with Gasteiger partial charge in [0.25, 0.3) is 5.91 Å². The zero-order chi connectivity index (χ0) is 27.1. The van der Waals surface area contributed by atoms with Gasteiger partial charge >= 0.3 is 12.1 Å². The lowest BCUT2D eigenvalue weighted by molar-refractivity contribution is -0.655. The van der Waals surface area contributed by atoms with Gasteiger partial charge in [0.2, 0.25) is 0 Å². The predicted molar refractivity (Wildman–Crippen MR) is 130 cm³/mol. The van der Waals surface area contributed by atoms with Crippen LogP contribution in [-0.4, -0.2) is 68.6 Å². The van der Waals surface area contributed by atoms with Gasteiger partial charge in [0, 0.05) is 18.5 Å². The number of carbonyl (C=O) groups excluding carboxylic acids is 2. The first-order valence-electron chi connectivity index (χ1n) is 11.6. The molecule has 0 aliphatic carbocycles. The maximum absolute atomic E-state index is 14.1. The second kappa shape index (κ2) is 11.7. The van der Waals surface area contributed by atoms with Crippen molar-refractivity contribution in [2.45, 2.75) is 64.6 Å². The molecule has 0 spiro atoms. The van der Waals surface area contributed by atoms with E-state index in [0.29, 0.717) is 12.0 Å². The summed E-state index contributed by atoms with van der Waals surface area (Å²) in [7, 11) is 0. The van der Waals surface area contributed by atoms with Crippen LogP contribution >= 0.6 is 0 Å². The van der Waals surface area contributed by atoms with E-state index in [1.165, 1.54) is 0 Å². The minimum Gasteiger partial charge on any atom is -0.480 e. The van der Waals surface area contributed by atoms with Crippen LogP contribution < -0.4 is 11.5 Å². The molecule has 13 heteroatoms. The van der Waals surface area contributed by atoms with Crippen molar-refractivity contribution in [1.82, 2.24) is 9.91 Å². The SMILES string of the molecule is CC(C)(C)[C@](CCCN=C(N)N)(C(=O)N1CCC[C@H]1C(=O)O)N(C(=O)OCc1ccccc1)[N+](=O)[O-]. The van der Waals surface area contributed by atoms with E-state index in [1.807, 2.05) is 0 Å². The summed E-state index contributed by atoms with van der Waals surface area (Å²) in [5, 5.41) is 21.3. The summed E-state index contributed by atoms with van der Waals surface area (Å²) >= 11 is 0. The number of hydrazine groups is 1. The second-order valence-corrected chi connectivity index (χ2v) is 9.61. The number of carboxylic acids is 1. The zero-order valence-electron chi connectivity index (χ0n) is 20.8. The lowest BCUT2D eigenvalue weighted by Crippen LogP contribution is -2.69. The number of hydrogen-bond donors (Lipinski definition) is 3. The summed E-state index contributed by atoms with van der Waals surface area (Å²) in [5.41, 5.74) is 8.05. The number of benzene rings is 1. The van der Waals surface area contributed by atoms with E-state index in [0.717, 1.165) is 4.90 Å². The number of amides is 2. The first-order valence-corrected chi connectivity index (χ1v) is 11.6. The molecule has 5 N–H and O–H groups in total. The van der Waals surface area contributed by atoms with Crippen LogP contribution in [0.5, 0.6) is 0 Å². The van der Waals surface area contributed by atoms with Crippen molar-refractivity contribution < 1.29 is 29.3 Å². The molecule has 0 bridgehead atoms. The lowest BCUT2D eigenvalue weighted by Gasteiger charge is -2.46. The zero-order valence-corrected chi connectivity index (χ0v) is 20.8. The molecule has 0 unspecified atom stereocenters. The third-order valence-corrected chi connectivity index (χ3v) is 6.29. The molecule has 2 atom stereocenters. The van der Waals surface area contributed by atoms with Gasteiger partial charge in [-0.25, -0.2) is 19.7 Å². The summed E-state index contributed by atoms with van der Waals surface area (Å²) < 4.78 is 5.28. The van der Waals surface area contributed by atoms with Gasteiger partial charge in [-0.1, -0.05) is 51.1 Å². The number of nitro groups is 1. The third-order valence-electron chi connectivity index (χ3n) is 6.29. The van der Waals surface area contributed by atoms with Crippen LogP contribution in [0.4, 0.5) is 4.79 Å². The van der Waals surface area contributed by atoms with Crippen molar-refractivity contribution in [3.05, 3.63) is 46.0 Å². The number of nitrogens with zero attached hydrogens (tertiary/aromatic N) is 4. The molecule has 1 aliphatic rings. The highest BCUT2D eigenvalue weighted by Gasteiger charge is 2.63. The van der Waals surface area contributed by atoms with Gasteiger partial charge in [-0.3, -0.25) is 9.79 Å². The van der Waals surface area contributed by atoms with E-state index >= 15 is 0 Å². The normalized spacial score (nSPS) is 17.1. The minimum atomic E-state index is -2.10. The fourth-order valence-corrected chi connectivity index (χ4v) is 4.51. The first-order chi connectivity index (χ1) is 16.8. The molecule has 0 saturated carbocycles. The Balaban J connectivity index is 2.56. The van der Waals surface area contributed by atoms with Gasteiger partial charge in [-0.05, 0) is 36.3 Å². The molecule has 1 aromatic rings. The van der Waals surface area contributed by atoms with Crippen molar-refractivity contribution in [3.8, 4) is 0 Å². The van der Waals surface area contributed by atoms with Crippen LogP contribution in [-0.2, 0) is 20.9 Å². The van der Waals surface area contributed by atoms with Crippen molar-refractivity contribution in [2.24, 2.45) is 21.9 Å². The maximum atomic E-state index is 14.1.